The first-order chi connectivity index (χ1) is 7.29. The summed E-state index contributed by atoms with van der Waals surface area (Å²) in [7, 11) is 0. The Hall–Kier alpha value is -0.850. The van der Waals surface area contributed by atoms with Crippen molar-refractivity contribution in [3.05, 3.63) is 23.8 Å². The number of Topliss-reactive ketones (excluding diaryl/α,β-unsaturated/α-hetero) is 1. The van der Waals surface area contributed by atoms with Gasteiger partial charge in [-0.05, 0) is 37.7 Å². The van der Waals surface area contributed by atoms with Crippen molar-refractivity contribution in [2.24, 2.45) is 5.92 Å². The number of unbranched alkanes of at least 4 members (excludes halogenated alkanes) is 1. The van der Waals surface area contributed by atoms with Crippen LogP contribution in [0, 0.1) is 5.92 Å². The molecule has 0 aromatic rings. The highest BCUT2D eigenvalue weighted by molar-refractivity contribution is 5.97. The van der Waals surface area contributed by atoms with Crippen LogP contribution in [0.3, 0.4) is 0 Å². The molecule has 0 fully saturated rings. The molecule has 0 aromatic carbocycles. The molecule has 0 saturated carbocycles. The third-order valence-electron chi connectivity index (χ3n) is 3.06. The SMILES string of the molecule is CC=CCC(CCCC)C1=CCCC1=O. The first kappa shape index (κ1) is 12.2. The zero-order valence-corrected chi connectivity index (χ0v) is 9.96. The van der Waals surface area contributed by atoms with Crippen molar-refractivity contribution in [3.63, 3.8) is 0 Å². The molecular weight excluding hydrogens is 184 g/mol. The van der Waals surface area contributed by atoms with Gasteiger partial charge in [0.1, 0.15) is 0 Å². The van der Waals surface area contributed by atoms with Gasteiger partial charge in [-0.15, -0.1) is 0 Å². The van der Waals surface area contributed by atoms with E-state index >= 15 is 0 Å². The molecule has 1 aliphatic carbocycles. The average molecular weight is 206 g/mol. The second kappa shape index (κ2) is 6.60. The van der Waals surface area contributed by atoms with Crippen LogP contribution in [0.4, 0.5) is 0 Å². The van der Waals surface area contributed by atoms with Gasteiger partial charge < -0.3 is 0 Å². The van der Waals surface area contributed by atoms with Crippen LogP contribution in [-0.4, -0.2) is 5.78 Å². The van der Waals surface area contributed by atoms with E-state index in [0.29, 0.717) is 11.7 Å². The molecule has 0 spiro atoms. The average Bonchev–Trinajstić information content (AvgIpc) is 2.65. The fourth-order valence-corrected chi connectivity index (χ4v) is 2.16. The van der Waals surface area contributed by atoms with E-state index in [1.807, 2.05) is 6.92 Å². The smallest absolute Gasteiger partial charge is 0.159 e. The lowest BCUT2D eigenvalue weighted by Crippen LogP contribution is -2.09. The summed E-state index contributed by atoms with van der Waals surface area (Å²) in [4.78, 5) is 11.6. The number of carbonyl (C=O) groups excluding carboxylic acids is 1. The summed E-state index contributed by atoms with van der Waals surface area (Å²) >= 11 is 0. The lowest BCUT2D eigenvalue weighted by molar-refractivity contribution is -0.115. The predicted octanol–water partition coefficient (Wildman–Crippen LogP) is 4.05. The van der Waals surface area contributed by atoms with Gasteiger partial charge in [-0.25, -0.2) is 0 Å². The molecule has 0 heterocycles. The molecule has 1 unspecified atom stereocenters. The maximum Gasteiger partial charge on any atom is 0.159 e. The fraction of sp³-hybridized carbons (Fsp3) is 0.643. The van der Waals surface area contributed by atoms with Gasteiger partial charge in [0.25, 0.3) is 0 Å². The maximum atomic E-state index is 11.6. The summed E-state index contributed by atoms with van der Waals surface area (Å²) in [6.07, 6.45) is 12.8. The highest BCUT2D eigenvalue weighted by atomic mass is 16.1. The molecule has 15 heavy (non-hydrogen) atoms. The number of hydrogen-bond donors (Lipinski definition) is 0. The maximum absolute atomic E-state index is 11.6. The predicted molar refractivity (Wildman–Crippen MR) is 64.8 cm³/mol. The van der Waals surface area contributed by atoms with Crippen LogP contribution in [0.15, 0.2) is 23.8 Å². The van der Waals surface area contributed by atoms with Gasteiger partial charge in [-0.1, -0.05) is 38.0 Å². The van der Waals surface area contributed by atoms with Crippen LogP contribution in [-0.2, 0) is 4.79 Å². The molecule has 1 atom stereocenters. The standard InChI is InChI=1S/C14H22O/c1-3-5-8-12(9-6-4-2)13-10-7-11-14(13)15/h3,5,10,12H,4,6-9,11H2,1-2H3. The third kappa shape index (κ3) is 3.65. The summed E-state index contributed by atoms with van der Waals surface area (Å²) in [5.74, 6) is 0.872. The van der Waals surface area contributed by atoms with Gasteiger partial charge in [0, 0.05) is 6.42 Å². The molecule has 0 saturated heterocycles. The molecule has 0 amide bonds. The molecule has 1 heteroatoms. The number of allylic oxidation sites excluding steroid dienone is 4. The van der Waals surface area contributed by atoms with E-state index in [9.17, 15) is 4.79 Å². The Bertz CT molecular complexity index is 261. The fourth-order valence-electron chi connectivity index (χ4n) is 2.16. The van der Waals surface area contributed by atoms with Crippen molar-refractivity contribution in [1.29, 1.82) is 0 Å². The summed E-state index contributed by atoms with van der Waals surface area (Å²) in [6.45, 7) is 4.25. The molecule has 0 N–H and O–H groups in total. The monoisotopic (exact) mass is 206 g/mol. The van der Waals surface area contributed by atoms with E-state index in [2.05, 4.69) is 25.2 Å². The lowest BCUT2D eigenvalue weighted by Gasteiger charge is -2.15. The van der Waals surface area contributed by atoms with Crippen molar-refractivity contribution in [2.45, 2.75) is 52.4 Å². The van der Waals surface area contributed by atoms with Crippen LogP contribution >= 0.6 is 0 Å². The number of carbonyl (C=O) groups is 1. The summed E-state index contributed by atoms with van der Waals surface area (Å²) in [5, 5.41) is 0. The first-order valence-electron chi connectivity index (χ1n) is 6.14. The van der Waals surface area contributed by atoms with E-state index in [-0.39, 0.29) is 0 Å². The largest absolute Gasteiger partial charge is 0.295 e. The van der Waals surface area contributed by atoms with Crippen LogP contribution in [0.2, 0.25) is 0 Å². The summed E-state index contributed by atoms with van der Waals surface area (Å²) < 4.78 is 0. The van der Waals surface area contributed by atoms with Crippen molar-refractivity contribution in [2.75, 3.05) is 0 Å². The van der Waals surface area contributed by atoms with Gasteiger partial charge >= 0.3 is 0 Å². The van der Waals surface area contributed by atoms with Crippen molar-refractivity contribution < 1.29 is 4.79 Å². The van der Waals surface area contributed by atoms with Gasteiger partial charge in [0.15, 0.2) is 5.78 Å². The van der Waals surface area contributed by atoms with Crippen LogP contribution in [0.25, 0.3) is 0 Å². The Balaban J connectivity index is 2.58. The highest BCUT2D eigenvalue weighted by Gasteiger charge is 2.22. The number of ketones is 1. The Labute approximate surface area is 93.3 Å². The summed E-state index contributed by atoms with van der Waals surface area (Å²) in [6, 6.07) is 0. The molecule has 0 bridgehead atoms. The van der Waals surface area contributed by atoms with Crippen molar-refractivity contribution >= 4 is 5.78 Å². The third-order valence-corrected chi connectivity index (χ3v) is 3.06. The minimum Gasteiger partial charge on any atom is -0.295 e. The van der Waals surface area contributed by atoms with Crippen molar-refractivity contribution in [3.8, 4) is 0 Å². The minimum atomic E-state index is 0.389. The van der Waals surface area contributed by atoms with Gasteiger partial charge in [-0.2, -0.15) is 0 Å². The van der Waals surface area contributed by atoms with E-state index in [4.69, 9.17) is 0 Å². The topological polar surface area (TPSA) is 17.1 Å². The lowest BCUT2D eigenvalue weighted by atomic mass is 9.89. The molecule has 1 rings (SSSR count). The Morgan fingerprint density at radius 2 is 2.33 bits per heavy atom. The Morgan fingerprint density at radius 3 is 2.87 bits per heavy atom. The van der Waals surface area contributed by atoms with Crippen LogP contribution in [0.5, 0.6) is 0 Å². The zero-order valence-electron chi connectivity index (χ0n) is 9.96. The highest BCUT2D eigenvalue weighted by Crippen LogP contribution is 2.28. The number of hydrogen-bond acceptors (Lipinski definition) is 1. The Morgan fingerprint density at radius 1 is 1.53 bits per heavy atom. The second-order valence-corrected chi connectivity index (χ2v) is 4.27. The molecular formula is C14H22O. The molecule has 0 radical (unpaired) electrons. The molecule has 0 aromatic heterocycles. The first-order valence-corrected chi connectivity index (χ1v) is 6.14. The summed E-state index contributed by atoms with van der Waals surface area (Å²) in [5.41, 5.74) is 1.11. The van der Waals surface area contributed by atoms with Gasteiger partial charge in [0.2, 0.25) is 0 Å². The van der Waals surface area contributed by atoms with E-state index < -0.39 is 0 Å². The molecule has 0 aliphatic heterocycles. The number of rotatable bonds is 6. The van der Waals surface area contributed by atoms with E-state index in [1.165, 1.54) is 19.3 Å². The van der Waals surface area contributed by atoms with Gasteiger partial charge in [0.05, 0.1) is 0 Å². The normalized spacial score (nSPS) is 18.5. The van der Waals surface area contributed by atoms with E-state index in [1.54, 1.807) is 0 Å². The minimum absolute atomic E-state index is 0.389. The van der Waals surface area contributed by atoms with Gasteiger partial charge in [-0.3, -0.25) is 4.79 Å². The zero-order chi connectivity index (χ0) is 11.1. The van der Waals surface area contributed by atoms with E-state index in [0.717, 1.165) is 24.8 Å². The van der Waals surface area contributed by atoms with Crippen molar-refractivity contribution in [1.82, 2.24) is 0 Å². The van der Waals surface area contributed by atoms with Crippen LogP contribution < -0.4 is 0 Å². The molecule has 84 valence electrons. The molecule has 1 aliphatic rings. The molecule has 1 nitrogen and oxygen atoms in total. The second-order valence-electron chi connectivity index (χ2n) is 4.27. The van der Waals surface area contributed by atoms with Crippen LogP contribution in [0.1, 0.15) is 52.4 Å². The Kier molecular flexibility index (Phi) is 5.38. The quantitative estimate of drug-likeness (QED) is 0.599.